The lowest BCUT2D eigenvalue weighted by molar-refractivity contribution is -0.122. The number of nitriles is 1. The van der Waals surface area contributed by atoms with Gasteiger partial charge in [-0.2, -0.15) is 5.26 Å². The van der Waals surface area contributed by atoms with E-state index in [4.69, 9.17) is 5.26 Å². The monoisotopic (exact) mass is 316 g/mol. The molecule has 3 rings (SSSR count). The van der Waals surface area contributed by atoms with Gasteiger partial charge >= 0.3 is 0 Å². The quantitative estimate of drug-likeness (QED) is 0.897. The predicted octanol–water partition coefficient (Wildman–Crippen LogP) is 1.06. The Morgan fingerprint density at radius 3 is 2.65 bits per heavy atom. The van der Waals surface area contributed by atoms with Crippen LogP contribution in [0.5, 0.6) is 0 Å². The van der Waals surface area contributed by atoms with Crippen molar-refractivity contribution in [2.75, 3.05) is 13.1 Å². The summed E-state index contributed by atoms with van der Waals surface area (Å²) in [5.74, 6) is 0.0362. The van der Waals surface area contributed by atoms with Crippen LogP contribution >= 0.6 is 0 Å². The molecule has 0 spiro atoms. The smallest absolute Gasteiger partial charge is 0.252 e. The molecule has 1 aliphatic heterocycles. The summed E-state index contributed by atoms with van der Waals surface area (Å²) in [6, 6.07) is 2.87. The van der Waals surface area contributed by atoms with Crippen molar-refractivity contribution in [1.82, 2.24) is 25.0 Å². The Labute approximate surface area is 136 Å². The Bertz CT molecular complexity index is 563. The molecule has 1 amide bonds. The van der Waals surface area contributed by atoms with Crippen molar-refractivity contribution in [3.63, 3.8) is 0 Å². The minimum absolute atomic E-state index is 0.0597. The molecule has 1 aliphatic carbocycles. The van der Waals surface area contributed by atoms with Gasteiger partial charge in [-0.1, -0.05) is 19.3 Å². The van der Waals surface area contributed by atoms with Crippen molar-refractivity contribution in [3.8, 4) is 6.07 Å². The number of carbonyl (C=O) groups is 1. The highest BCUT2D eigenvalue weighted by Crippen LogP contribution is 2.25. The van der Waals surface area contributed by atoms with Gasteiger partial charge in [-0.3, -0.25) is 4.79 Å². The van der Waals surface area contributed by atoms with Gasteiger partial charge in [0.05, 0.1) is 0 Å². The molecule has 2 aliphatic rings. The molecule has 7 heteroatoms. The molecule has 2 fully saturated rings. The van der Waals surface area contributed by atoms with Gasteiger partial charge in [-0.05, 0) is 25.7 Å². The average Bonchev–Trinajstić information content (AvgIpc) is 3.04. The number of nitrogens with one attached hydrogen (secondary N) is 1. The van der Waals surface area contributed by atoms with E-state index in [2.05, 4.69) is 20.3 Å². The van der Waals surface area contributed by atoms with Crippen molar-refractivity contribution in [1.29, 1.82) is 5.26 Å². The summed E-state index contributed by atoms with van der Waals surface area (Å²) < 4.78 is 1.41. The fourth-order valence-electron chi connectivity index (χ4n) is 3.70. The molecule has 0 radical (unpaired) electrons. The molecule has 0 unspecified atom stereocenters. The normalized spacial score (nSPS) is 21.0. The first-order valence-corrected chi connectivity index (χ1v) is 8.57. The molecule has 1 saturated heterocycles. The van der Waals surface area contributed by atoms with Crippen molar-refractivity contribution in [3.05, 3.63) is 12.2 Å². The van der Waals surface area contributed by atoms with E-state index in [0.29, 0.717) is 0 Å². The minimum Gasteiger partial charge on any atom is -0.352 e. The zero-order valence-electron chi connectivity index (χ0n) is 13.4. The maximum atomic E-state index is 12.1. The minimum atomic E-state index is -0.0597. The van der Waals surface area contributed by atoms with Crippen LogP contribution in [0.3, 0.4) is 0 Å². The largest absolute Gasteiger partial charge is 0.352 e. The maximum Gasteiger partial charge on any atom is 0.252 e. The standard InChI is InChI=1S/C16H24N6O/c17-10-15-18-12-22(20-15)11-16(23)19-13-6-8-21(9-7-13)14-4-2-1-3-5-14/h12-14H,1-9,11H2,(H,19,23). The van der Waals surface area contributed by atoms with Gasteiger partial charge < -0.3 is 10.2 Å². The van der Waals surface area contributed by atoms with Crippen molar-refractivity contribution in [2.45, 2.75) is 63.6 Å². The van der Waals surface area contributed by atoms with E-state index in [-0.39, 0.29) is 24.3 Å². The van der Waals surface area contributed by atoms with Gasteiger partial charge in [0.25, 0.3) is 5.82 Å². The first-order valence-electron chi connectivity index (χ1n) is 8.57. The topological polar surface area (TPSA) is 86.8 Å². The van der Waals surface area contributed by atoms with Crippen LogP contribution in [0.2, 0.25) is 0 Å². The summed E-state index contributed by atoms with van der Waals surface area (Å²) in [5.41, 5.74) is 0. The fraction of sp³-hybridized carbons (Fsp3) is 0.750. The lowest BCUT2D eigenvalue weighted by Gasteiger charge is -2.39. The molecule has 124 valence electrons. The summed E-state index contributed by atoms with van der Waals surface area (Å²) >= 11 is 0. The molecule has 23 heavy (non-hydrogen) atoms. The van der Waals surface area contributed by atoms with Crippen LogP contribution in [-0.2, 0) is 11.3 Å². The zero-order chi connectivity index (χ0) is 16.1. The summed E-state index contributed by atoms with van der Waals surface area (Å²) in [7, 11) is 0. The van der Waals surface area contributed by atoms with Gasteiger partial charge in [0.1, 0.15) is 18.9 Å². The van der Waals surface area contributed by atoms with Crippen LogP contribution in [0.15, 0.2) is 6.33 Å². The molecule has 2 heterocycles. The molecular weight excluding hydrogens is 292 g/mol. The summed E-state index contributed by atoms with van der Waals surface area (Å²) in [4.78, 5) is 18.5. The molecule has 1 aromatic rings. The molecule has 1 N–H and O–H groups in total. The summed E-state index contributed by atoms with van der Waals surface area (Å²) in [5, 5.41) is 15.7. The Hall–Kier alpha value is -1.94. The predicted molar refractivity (Wildman–Crippen MR) is 84.3 cm³/mol. The Kier molecular flexibility index (Phi) is 5.23. The SMILES string of the molecule is N#Cc1ncn(CC(=O)NC2CCN(C3CCCCC3)CC2)n1. The van der Waals surface area contributed by atoms with Crippen LogP contribution in [0, 0.1) is 11.3 Å². The van der Waals surface area contributed by atoms with Crippen molar-refractivity contribution >= 4 is 5.91 Å². The Morgan fingerprint density at radius 1 is 1.26 bits per heavy atom. The van der Waals surface area contributed by atoms with E-state index in [1.807, 2.05) is 6.07 Å². The first-order chi connectivity index (χ1) is 11.2. The number of piperidine rings is 1. The van der Waals surface area contributed by atoms with Crippen LogP contribution in [0.4, 0.5) is 0 Å². The van der Waals surface area contributed by atoms with E-state index in [9.17, 15) is 4.79 Å². The Morgan fingerprint density at radius 2 is 2.00 bits per heavy atom. The molecular formula is C16H24N6O. The second kappa shape index (κ2) is 7.55. The van der Waals surface area contributed by atoms with E-state index >= 15 is 0 Å². The fourth-order valence-corrected chi connectivity index (χ4v) is 3.70. The zero-order valence-corrected chi connectivity index (χ0v) is 13.4. The van der Waals surface area contributed by atoms with E-state index in [1.165, 1.54) is 43.1 Å². The second-order valence-electron chi connectivity index (χ2n) is 6.55. The van der Waals surface area contributed by atoms with Gasteiger partial charge in [-0.25, -0.2) is 9.67 Å². The number of rotatable bonds is 4. The van der Waals surface area contributed by atoms with E-state index < -0.39 is 0 Å². The lowest BCUT2D eigenvalue weighted by Crippen LogP contribution is -2.48. The third-order valence-electron chi connectivity index (χ3n) is 4.93. The highest BCUT2D eigenvalue weighted by Gasteiger charge is 2.26. The lowest BCUT2D eigenvalue weighted by atomic mass is 9.92. The number of nitrogens with zero attached hydrogens (tertiary/aromatic N) is 5. The first kappa shape index (κ1) is 15.9. The number of likely N-dealkylation sites (tertiary alicyclic amines) is 1. The van der Waals surface area contributed by atoms with Crippen LogP contribution < -0.4 is 5.32 Å². The molecule has 1 aromatic heterocycles. The number of hydrogen-bond acceptors (Lipinski definition) is 5. The van der Waals surface area contributed by atoms with Crippen molar-refractivity contribution in [2.24, 2.45) is 0 Å². The van der Waals surface area contributed by atoms with Crippen molar-refractivity contribution < 1.29 is 4.79 Å². The van der Waals surface area contributed by atoms with Gasteiger partial charge in [0.2, 0.25) is 5.91 Å². The van der Waals surface area contributed by atoms with E-state index in [1.54, 1.807) is 0 Å². The highest BCUT2D eigenvalue weighted by atomic mass is 16.2. The maximum absolute atomic E-state index is 12.1. The molecule has 7 nitrogen and oxygen atoms in total. The van der Waals surface area contributed by atoms with Crippen LogP contribution in [0.25, 0.3) is 0 Å². The third-order valence-corrected chi connectivity index (χ3v) is 4.93. The Balaban J connectivity index is 1.41. The van der Waals surface area contributed by atoms with E-state index in [0.717, 1.165) is 32.0 Å². The second-order valence-corrected chi connectivity index (χ2v) is 6.55. The molecule has 0 atom stereocenters. The number of carbonyl (C=O) groups excluding carboxylic acids is 1. The number of hydrogen-bond donors (Lipinski definition) is 1. The number of amides is 1. The van der Waals surface area contributed by atoms with Crippen LogP contribution in [0.1, 0.15) is 50.8 Å². The summed E-state index contributed by atoms with van der Waals surface area (Å²) in [6.07, 6.45) is 10.2. The van der Waals surface area contributed by atoms with Gasteiger partial charge in [0.15, 0.2) is 0 Å². The third kappa shape index (κ3) is 4.29. The molecule has 0 bridgehead atoms. The van der Waals surface area contributed by atoms with Gasteiger partial charge in [0, 0.05) is 25.2 Å². The molecule has 1 saturated carbocycles. The summed E-state index contributed by atoms with van der Waals surface area (Å²) in [6.45, 7) is 2.28. The number of aromatic nitrogens is 3. The average molecular weight is 316 g/mol. The highest BCUT2D eigenvalue weighted by molar-refractivity contribution is 5.75. The van der Waals surface area contributed by atoms with Gasteiger partial charge in [-0.15, -0.1) is 5.10 Å². The molecule has 0 aromatic carbocycles. The van der Waals surface area contributed by atoms with Crippen LogP contribution in [-0.4, -0.2) is 50.7 Å².